The highest BCUT2D eigenvalue weighted by atomic mass is 16.5. The number of aromatic amines is 1. The third kappa shape index (κ3) is 3.86. The first-order chi connectivity index (χ1) is 14.1. The first-order valence-electron chi connectivity index (χ1n) is 10.0. The van der Waals surface area contributed by atoms with E-state index in [9.17, 15) is 4.79 Å². The summed E-state index contributed by atoms with van der Waals surface area (Å²) in [5.41, 5.74) is 9.79. The van der Waals surface area contributed by atoms with Crippen LogP contribution in [0.4, 0.5) is 0 Å². The highest BCUT2D eigenvalue weighted by Gasteiger charge is 2.36. The summed E-state index contributed by atoms with van der Waals surface area (Å²) in [4.78, 5) is 18.4. The maximum Gasteiger partial charge on any atom is 0.240 e. The van der Waals surface area contributed by atoms with E-state index in [0.717, 1.165) is 27.8 Å². The number of hydrogen-bond acceptors (Lipinski definition) is 4. The van der Waals surface area contributed by atoms with Crippen LogP contribution in [0.1, 0.15) is 17.0 Å². The molecule has 29 heavy (non-hydrogen) atoms. The van der Waals surface area contributed by atoms with Crippen molar-refractivity contribution in [2.24, 2.45) is 5.73 Å². The molecule has 3 aromatic rings. The Morgan fingerprint density at radius 1 is 1.24 bits per heavy atom. The minimum absolute atomic E-state index is 0.0714. The van der Waals surface area contributed by atoms with Crippen molar-refractivity contribution in [1.29, 1.82) is 0 Å². The summed E-state index contributed by atoms with van der Waals surface area (Å²) in [6.45, 7) is 1.21. The van der Waals surface area contributed by atoms with Gasteiger partial charge in [-0.05, 0) is 42.8 Å². The first-order valence-corrected chi connectivity index (χ1v) is 10.0. The smallest absolute Gasteiger partial charge is 0.240 e. The van der Waals surface area contributed by atoms with E-state index < -0.39 is 0 Å². The van der Waals surface area contributed by atoms with E-state index >= 15 is 0 Å². The highest BCUT2D eigenvalue weighted by molar-refractivity contribution is 5.86. The summed E-state index contributed by atoms with van der Waals surface area (Å²) in [5.74, 6) is 1.06. The number of ether oxygens (including phenoxy) is 1. The van der Waals surface area contributed by atoms with Crippen LogP contribution in [0.15, 0.2) is 54.7 Å². The predicted octanol–water partition coefficient (Wildman–Crippen LogP) is 2.26. The summed E-state index contributed by atoms with van der Waals surface area (Å²) in [7, 11) is 3.50. The van der Waals surface area contributed by atoms with Gasteiger partial charge in [0, 0.05) is 42.1 Å². The fraction of sp³-hybridized carbons (Fsp3) is 0.348. The lowest BCUT2D eigenvalue weighted by Crippen LogP contribution is -2.46. The number of likely N-dealkylation sites (N-methyl/N-ethyl adjacent to an activating group) is 1. The molecule has 1 aliphatic heterocycles. The van der Waals surface area contributed by atoms with E-state index in [4.69, 9.17) is 10.5 Å². The molecule has 2 heterocycles. The highest BCUT2D eigenvalue weighted by Crippen LogP contribution is 2.29. The molecule has 0 bridgehead atoms. The van der Waals surface area contributed by atoms with E-state index in [-0.39, 0.29) is 23.9 Å². The van der Waals surface area contributed by atoms with Crippen LogP contribution >= 0.6 is 0 Å². The molecule has 6 nitrogen and oxygen atoms in total. The second kappa shape index (κ2) is 8.27. The van der Waals surface area contributed by atoms with Crippen LogP contribution in [-0.2, 0) is 11.2 Å². The number of nitrogens with one attached hydrogen (secondary N) is 2. The fourth-order valence-corrected chi connectivity index (χ4v) is 4.27. The number of amides is 1. The average Bonchev–Trinajstić information content (AvgIpc) is 3.35. The molecule has 1 fully saturated rings. The van der Waals surface area contributed by atoms with Crippen LogP contribution in [0.5, 0.6) is 5.75 Å². The van der Waals surface area contributed by atoms with Crippen molar-refractivity contribution in [3.8, 4) is 5.75 Å². The molecule has 1 amide bonds. The molecular formula is C23H28N4O2. The summed E-state index contributed by atoms with van der Waals surface area (Å²) in [6.07, 6.45) is 2.64. The molecule has 0 spiro atoms. The van der Waals surface area contributed by atoms with Crippen molar-refractivity contribution in [2.75, 3.05) is 27.2 Å². The predicted molar refractivity (Wildman–Crippen MR) is 115 cm³/mol. The molecule has 4 rings (SSSR count). The van der Waals surface area contributed by atoms with Gasteiger partial charge in [0.2, 0.25) is 5.91 Å². The lowest BCUT2D eigenvalue weighted by molar-refractivity contribution is -0.132. The van der Waals surface area contributed by atoms with E-state index in [1.54, 1.807) is 7.11 Å². The number of hydrogen-bond donors (Lipinski definition) is 3. The number of carbonyl (C=O) groups excluding carboxylic acids is 1. The molecule has 2 aromatic carbocycles. The van der Waals surface area contributed by atoms with Gasteiger partial charge in [0.1, 0.15) is 5.75 Å². The number of carbonyl (C=O) groups is 1. The normalized spacial score (nSPS) is 20.2. The average molecular weight is 393 g/mol. The van der Waals surface area contributed by atoms with Gasteiger partial charge in [0.15, 0.2) is 0 Å². The molecule has 152 valence electrons. The summed E-state index contributed by atoms with van der Waals surface area (Å²) in [6, 6.07) is 15.8. The van der Waals surface area contributed by atoms with Gasteiger partial charge in [-0.25, -0.2) is 0 Å². The Labute approximate surface area is 171 Å². The lowest BCUT2D eigenvalue weighted by Gasteiger charge is -2.23. The number of methoxy groups -OCH3 is 1. The third-order valence-electron chi connectivity index (χ3n) is 5.97. The van der Waals surface area contributed by atoms with Crippen LogP contribution in [0, 0.1) is 0 Å². The summed E-state index contributed by atoms with van der Waals surface area (Å²) < 4.78 is 5.24. The Bertz CT molecular complexity index is 982. The van der Waals surface area contributed by atoms with Gasteiger partial charge in [0.05, 0.1) is 13.2 Å². The van der Waals surface area contributed by atoms with Gasteiger partial charge < -0.3 is 25.7 Å². The van der Waals surface area contributed by atoms with E-state index in [1.807, 2.05) is 60.6 Å². The third-order valence-corrected chi connectivity index (χ3v) is 5.97. The zero-order valence-corrected chi connectivity index (χ0v) is 16.9. The molecule has 3 atom stereocenters. The number of likely N-dealkylation sites (tertiary alicyclic amines) is 1. The number of nitrogens with zero attached hydrogens (tertiary/aromatic N) is 1. The van der Waals surface area contributed by atoms with Gasteiger partial charge in [0.25, 0.3) is 0 Å². The minimum Gasteiger partial charge on any atom is -0.497 e. The van der Waals surface area contributed by atoms with Crippen molar-refractivity contribution in [2.45, 2.75) is 24.4 Å². The molecule has 0 radical (unpaired) electrons. The van der Waals surface area contributed by atoms with Crippen LogP contribution in [0.2, 0.25) is 0 Å². The zero-order chi connectivity index (χ0) is 20.4. The SMILES string of the molecule is CNC(Cc1c[nH]c2ccccc12)C(=O)N1C[C@@H](N)[C@H](c2ccc(OC)cc2)C1. The Kier molecular flexibility index (Phi) is 5.56. The molecule has 0 saturated carbocycles. The Hall–Kier alpha value is -2.83. The first kappa shape index (κ1) is 19.5. The van der Waals surface area contributed by atoms with Crippen molar-refractivity contribution in [3.63, 3.8) is 0 Å². The summed E-state index contributed by atoms with van der Waals surface area (Å²) in [5, 5.41) is 4.37. The van der Waals surface area contributed by atoms with Gasteiger partial charge in [-0.2, -0.15) is 0 Å². The van der Waals surface area contributed by atoms with Crippen molar-refractivity contribution < 1.29 is 9.53 Å². The zero-order valence-electron chi connectivity index (χ0n) is 16.9. The number of fused-ring (bicyclic) bond motifs is 1. The molecular weight excluding hydrogens is 364 g/mol. The van der Waals surface area contributed by atoms with Crippen LogP contribution in [0.3, 0.4) is 0 Å². The maximum absolute atomic E-state index is 13.2. The molecule has 6 heteroatoms. The number of benzene rings is 2. The second-order valence-corrected chi connectivity index (χ2v) is 7.69. The topological polar surface area (TPSA) is 83.4 Å². The lowest BCUT2D eigenvalue weighted by atomic mass is 9.95. The maximum atomic E-state index is 13.2. The summed E-state index contributed by atoms with van der Waals surface area (Å²) >= 11 is 0. The van der Waals surface area contributed by atoms with Crippen LogP contribution < -0.4 is 15.8 Å². The van der Waals surface area contributed by atoms with Crippen molar-refractivity contribution in [3.05, 3.63) is 65.9 Å². The standard InChI is InChI=1S/C23H28N4O2/c1-25-22(11-16-12-26-21-6-4-3-5-18(16)21)23(28)27-13-19(20(24)14-27)15-7-9-17(29-2)10-8-15/h3-10,12,19-20,22,25-26H,11,13-14,24H2,1-2H3/t19-,20+,22?/m0/s1. The van der Waals surface area contributed by atoms with E-state index in [1.165, 1.54) is 0 Å². The van der Waals surface area contributed by atoms with Crippen molar-refractivity contribution in [1.82, 2.24) is 15.2 Å². The molecule has 1 saturated heterocycles. The Morgan fingerprint density at radius 3 is 2.72 bits per heavy atom. The molecule has 1 aromatic heterocycles. The number of nitrogens with two attached hydrogens (primary N) is 1. The quantitative estimate of drug-likeness (QED) is 0.601. The minimum atomic E-state index is -0.281. The molecule has 4 N–H and O–H groups in total. The fourth-order valence-electron chi connectivity index (χ4n) is 4.27. The molecule has 0 aliphatic carbocycles. The number of H-pyrrole nitrogens is 1. The number of aromatic nitrogens is 1. The van der Waals surface area contributed by atoms with Gasteiger partial charge >= 0.3 is 0 Å². The second-order valence-electron chi connectivity index (χ2n) is 7.69. The monoisotopic (exact) mass is 392 g/mol. The largest absolute Gasteiger partial charge is 0.497 e. The van der Waals surface area contributed by atoms with Gasteiger partial charge in [-0.3, -0.25) is 4.79 Å². The van der Waals surface area contributed by atoms with Gasteiger partial charge in [-0.15, -0.1) is 0 Å². The van der Waals surface area contributed by atoms with Gasteiger partial charge in [-0.1, -0.05) is 30.3 Å². The number of para-hydroxylation sites is 1. The van der Waals surface area contributed by atoms with Crippen LogP contribution in [0.25, 0.3) is 10.9 Å². The molecule has 1 unspecified atom stereocenters. The van der Waals surface area contributed by atoms with Crippen molar-refractivity contribution >= 4 is 16.8 Å². The van der Waals surface area contributed by atoms with Crippen LogP contribution in [-0.4, -0.2) is 55.1 Å². The Morgan fingerprint density at radius 2 is 2.00 bits per heavy atom. The van der Waals surface area contributed by atoms with E-state index in [0.29, 0.717) is 19.5 Å². The van der Waals surface area contributed by atoms with E-state index in [2.05, 4.69) is 16.4 Å². The molecule has 1 aliphatic rings. The Balaban J connectivity index is 1.47. The number of rotatable bonds is 6.